The molecule has 2 nitrogen and oxygen atoms in total. The summed E-state index contributed by atoms with van der Waals surface area (Å²) in [7, 11) is 0. The quantitative estimate of drug-likeness (QED) is 0.751. The molecule has 0 aromatic rings. The molecule has 1 rings (SSSR count). The van der Waals surface area contributed by atoms with E-state index in [1.165, 1.54) is 19.3 Å². The van der Waals surface area contributed by atoms with Crippen LogP contribution in [0.1, 0.15) is 47.0 Å². The molecule has 0 radical (unpaired) electrons. The zero-order valence-electron chi connectivity index (χ0n) is 10.7. The standard InChI is InChI=1S/C13H27NO/c1-9(2)13(15)8-14-12-7-5-6-10(3)11(12)4/h9-15H,5-8H2,1-4H3. The van der Waals surface area contributed by atoms with Crippen molar-refractivity contribution in [2.45, 2.75) is 59.1 Å². The number of aliphatic hydroxyl groups is 1. The molecule has 0 heterocycles. The number of nitrogens with one attached hydrogen (secondary N) is 1. The van der Waals surface area contributed by atoms with E-state index in [-0.39, 0.29) is 6.10 Å². The Balaban J connectivity index is 2.31. The molecule has 1 fully saturated rings. The normalized spacial score (nSPS) is 34.4. The molecule has 4 atom stereocenters. The van der Waals surface area contributed by atoms with E-state index < -0.39 is 0 Å². The van der Waals surface area contributed by atoms with Crippen LogP contribution in [0.4, 0.5) is 0 Å². The molecule has 0 saturated heterocycles. The lowest BCUT2D eigenvalue weighted by Crippen LogP contribution is -2.44. The predicted octanol–water partition coefficient (Wildman–Crippen LogP) is 2.42. The maximum Gasteiger partial charge on any atom is 0.0687 e. The van der Waals surface area contributed by atoms with Crippen LogP contribution in [0.15, 0.2) is 0 Å². The lowest BCUT2D eigenvalue weighted by Gasteiger charge is -2.35. The van der Waals surface area contributed by atoms with Gasteiger partial charge in [0.05, 0.1) is 6.10 Å². The third-order valence-corrected chi connectivity index (χ3v) is 4.07. The van der Waals surface area contributed by atoms with Gasteiger partial charge in [0.1, 0.15) is 0 Å². The lowest BCUT2D eigenvalue weighted by molar-refractivity contribution is 0.107. The topological polar surface area (TPSA) is 32.3 Å². The second kappa shape index (κ2) is 5.86. The first-order valence-corrected chi connectivity index (χ1v) is 6.43. The van der Waals surface area contributed by atoms with Crippen LogP contribution in [-0.2, 0) is 0 Å². The maximum absolute atomic E-state index is 9.75. The van der Waals surface area contributed by atoms with Crippen molar-refractivity contribution in [3.05, 3.63) is 0 Å². The highest BCUT2D eigenvalue weighted by molar-refractivity contribution is 4.83. The van der Waals surface area contributed by atoms with Gasteiger partial charge in [-0.05, 0) is 24.2 Å². The van der Waals surface area contributed by atoms with Crippen molar-refractivity contribution in [1.29, 1.82) is 0 Å². The van der Waals surface area contributed by atoms with Crippen molar-refractivity contribution >= 4 is 0 Å². The van der Waals surface area contributed by atoms with Crippen LogP contribution in [0.2, 0.25) is 0 Å². The average Bonchev–Trinajstić information content (AvgIpc) is 2.19. The predicted molar refractivity (Wildman–Crippen MR) is 64.8 cm³/mol. The van der Waals surface area contributed by atoms with Gasteiger partial charge in [0.25, 0.3) is 0 Å². The molecule has 0 aromatic heterocycles. The SMILES string of the molecule is CC(C)C(O)CNC1CCCC(C)C1C. The first-order chi connectivity index (χ1) is 7.02. The van der Waals surface area contributed by atoms with E-state index in [2.05, 4.69) is 33.0 Å². The van der Waals surface area contributed by atoms with Gasteiger partial charge in [-0.1, -0.05) is 40.5 Å². The minimum Gasteiger partial charge on any atom is -0.392 e. The summed E-state index contributed by atoms with van der Waals surface area (Å²) in [5.41, 5.74) is 0. The van der Waals surface area contributed by atoms with Crippen LogP contribution in [-0.4, -0.2) is 23.8 Å². The van der Waals surface area contributed by atoms with Crippen molar-refractivity contribution < 1.29 is 5.11 Å². The van der Waals surface area contributed by atoms with E-state index in [1.54, 1.807) is 0 Å². The van der Waals surface area contributed by atoms with Crippen LogP contribution < -0.4 is 5.32 Å². The second-order valence-corrected chi connectivity index (χ2v) is 5.59. The molecule has 0 aromatic carbocycles. The number of aliphatic hydroxyl groups excluding tert-OH is 1. The summed E-state index contributed by atoms with van der Waals surface area (Å²) >= 11 is 0. The van der Waals surface area contributed by atoms with Crippen molar-refractivity contribution in [1.82, 2.24) is 5.32 Å². The average molecular weight is 213 g/mol. The van der Waals surface area contributed by atoms with Gasteiger partial charge in [0.2, 0.25) is 0 Å². The molecule has 1 aliphatic rings. The van der Waals surface area contributed by atoms with Crippen LogP contribution in [0.3, 0.4) is 0 Å². The molecule has 2 heteroatoms. The first-order valence-electron chi connectivity index (χ1n) is 6.43. The van der Waals surface area contributed by atoms with Crippen LogP contribution >= 0.6 is 0 Å². The third kappa shape index (κ3) is 3.76. The Morgan fingerprint density at radius 3 is 2.53 bits per heavy atom. The molecule has 0 bridgehead atoms. The fraction of sp³-hybridized carbons (Fsp3) is 1.00. The van der Waals surface area contributed by atoms with Crippen LogP contribution in [0, 0.1) is 17.8 Å². The van der Waals surface area contributed by atoms with Crippen molar-refractivity contribution in [3.63, 3.8) is 0 Å². The highest BCUT2D eigenvalue weighted by Gasteiger charge is 2.27. The van der Waals surface area contributed by atoms with Crippen LogP contribution in [0.25, 0.3) is 0 Å². The summed E-state index contributed by atoms with van der Waals surface area (Å²) in [5, 5.41) is 13.3. The Kier molecular flexibility index (Phi) is 5.07. The number of hydrogen-bond donors (Lipinski definition) is 2. The van der Waals surface area contributed by atoms with E-state index in [9.17, 15) is 5.11 Å². The molecule has 0 spiro atoms. The van der Waals surface area contributed by atoms with Gasteiger partial charge < -0.3 is 10.4 Å². The van der Waals surface area contributed by atoms with E-state index in [4.69, 9.17) is 0 Å². The summed E-state index contributed by atoms with van der Waals surface area (Å²) < 4.78 is 0. The van der Waals surface area contributed by atoms with E-state index in [1.807, 2.05) is 0 Å². The Morgan fingerprint density at radius 2 is 1.93 bits per heavy atom. The Morgan fingerprint density at radius 1 is 1.27 bits per heavy atom. The van der Waals surface area contributed by atoms with Gasteiger partial charge in [-0.2, -0.15) is 0 Å². The molecular weight excluding hydrogens is 186 g/mol. The highest BCUT2D eigenvalue weighted by atomic mass is 16.3. The minimum absolute atomic E-state index is 0.200. The Bertz CT molecular complexity index is 181. The fourth-order valence-electron chi connectivity index (χ4n) is 2.38. The molecular formula is C13H27NO. The summed E-state index contributed by atoms with van der Waals surface area (Å²) in [6.07, 6.45) is 3.78. The van der Waals surface area contributed by atoms with Gasteiger partial charge >= 0.3 is 0 Å². The zero-order chi connectivity index (χ0) is 11.4. The van der Waals surface area contributed by atoms with Gasteiger partial charge in [0, 0.05) is 12.6 Å². The molecule has 90 valence electrons. The first kappa shape index (κ1) is 13.0. The Labute approximate surface area is 94.5 Å². The minimum atomic E-state index is -0.200. The molecule has 0 amide bonds. The summed E-state index contributed by atoms with van der Waals surface area (Å²) in [6, 6.07) is 0.613. The van der Waals surface area contributed by atoms with Crippen molar-refractivity contribution in [3.8, 4) is 0 Å². The molecule has 4 unspecified atom stereocenters. The largest absolute Gasteiger partial charge is 0.392 e. The molecule has 2 N–H and O–H groups in total. The van der Waals surface area contributed by atoms with Crippen molar-refractivity contribution in [2.24, 2.45) is 17.8 Å². The van der Waals surface area contributed by atoms with Gasteiger partial charge in [-0.3, -0.25) is 0 Å². The monoisotopic (exact) mass is 213 g/mol. The van der Waals surface area contributed by atoms with Crippen molar-refractivity contribution in [2.75, 3.05) is 6.54 Å². The van der Waals surface area contributed by atoms with E-state index >= 15 is 0 Å². The molecule has 0 aliphatic heterocycles. The number of rotatable bonds is 4. The smallest absolute Gasteiger partial charge is 0.0687 e. The highest BCUT2D eigenvalue weighted by Crippen LogP contribution is 2.29. The van der Waals surface area contributed by atoms with Crippen LogP contribution in [0.5, 0.6) is 0 Å². The fourth-order valence-corrected chi connectivity index (χ4v) is 2.38. The molecule has 1 saturated carbocycles. The third-order valence-electron chi connectivity index (χ3n) is 4.07. The zero-order valence-corrected chi connectivity index (χ0v) is 10.7. The molecule has 1 aliphatic carbocycles. The molecule has 15 heavy (non-hydrogen) atoms. The summed E-state index contributed by atoms with van der Waals surface area (Å²) in [6.45, 7) is 9.57. The second-order valence-electron chi connectivity index (χ2n) is 5.59. The van der Waals surface area contributed by atoms with Gasteiger partial charge in [-0.15, -0.1) is 0 Å². The van der Waals surface area contributed by atoms with E-state index in [0.717, 1.165) is 18.4 Å². The van der Waals surface area contributed by atoms with E-state index in [0.29, 0.717) is 12.0 Å². The Hall–Kier alpha value is -0.0800. The number of hydrogen-bond acceptors (Lipinski definition) is 2. The van der Waals surface area contributed by atoms with Gasteiger partial charge in [-0.25, -0.2) is 0 Å². The van der Waals surface area contributed by atoms with Gasteiger partial charge in [0.15, 0.2) is 0 Å². The summed E-state index contributed by atoms with van der Waals surface area (Å²) in [4.78, 5) is 0. The maximum atomic E-state index is 9.75. The summed E-state index contributed by atoms with van der Waals surface area (Å²) in [5.74, 6) is 1.93. The lowest BCUT2D eigenvalue weighted by atomic mass is 9.78.